The standard InChI is InChI=1S/C12H20F2N2O3/c13-10(14)7-16-11(17)15-6-9-8-18-12(19-9)4-2-1-3-5-12/h9-10H,1-8H2,(H2,15,16,17)/t9-/m1/s1. The number of urea groups is 1. The van der Waals surface area contributed by atoms with Crippen LogP contribution in [0.4, 0.5) is 13.6 Å². The number of amides is 2. The molecule has 0 aromatic carbocycles. The first-order valence-corrected chi connectivity index (χ1v) is 6.71. The van der Waals surface area contributed by atoms with E-state index in [0.29, 0.717) is 6.61 Å². The van der Waals surface area contributed by atoms with Gasteiger partial charge in [0.2, 0.25) is 0 Å². The van der Waals surface area contributed by atoms with Gasteiger partial charge in [0.25, 0.3) is 6.43 Å². The number of nitrogens with one attached hydrogen (secondary N) is 2. The SMILES string of the molecule is O=C(NCC(F)F)NC[C@@H]1COC2(CCCCC2)O1. The zero-order chi connectivity index (χ0) is 13.7. The Morgan fingerprint density at radius 1 is 1.26 bits per heavy atom. The summed E-state index contributed by atoms with van der Waals surface area (Å²) in [5.41, 5.74) is 0. The zero-order valence-electron chi connectivity index (χ0n) is 10.8. The van der Waals surface area contributed by atoms with Crippen LogP contribution in [-0.4, -0.2) is 44.0 Å². The van der Waals surface area contributed by atoms with Gasteiger partial charge < -0.3 is 20.1 Å². The molecule has 1 aliphatic carbocycles. The Hall–Kier alpha value is -0.950. The lowest BCUT2D eigenvalue weighted by molar-refractivity contribution is -0.186. The van der Waals surface area contributed by atoms with Gasteiger partial charge in [0.1, 0.15) is 6.10 Å². The van der Waals surface area contributed by atoms with Gasteiger partial charge in [-0.2, -0.15) is 0 Å². The number of hydrogen-bond donors (Lipinski definition) is 2. The molecule has 2 rings (SSSR count). The highest BCUT2D eigenvalue weighted by atomic mass is 19.3. The normalized spacial score (nSPS) is 25.7. The van der Waals surface area contributed by atoms with Crippen LogP contribution < -0.4 is 10.6 Å². The van der Waals surface area contributed by atoms with E-state index in [4.69, 9.17) is 9.47 Å². The van der Waals surface area contributed by atoms with Crippen LogP contribution in [-0.2, 0) is 9.47 Å². The van der Waals surface area contributed by atoms with E-state index in [1.54, 1.807) is 0 Å². The van der Waals surface area contributed by atoms with Crippen molar-refractivity contribution in [1.29, 1.82) is 0 Å². The summed E-state index contributed by atoms with van der Waals surface area (Å²) in [7, 11) is 0. The van der Waals surface area contributed by atoms with Crippen molar-refractivity contribution in [2.45, 2.75) is 50.4 Å². The summed E-state index contributed by atoms with van der Waals surface area (Å²) in [5, 5.41) is 4.59. The number of ether oxygens (including phenoxy) is 2. The van der Waals surface area contributed by atoms with Crippen LogP contribution in [0.15, 0.2) is 0 Å². The number of carbonyl (C=O) groups is 1. The summed E-state index contributed by atoms with van der Waals surface area (Å²) in [6.07, 6.45) is 2.43. The van der Waals surface area contributed by atoms with Gasteiger partial charge in [-0.25, -0.2) is 13.6 Å². The summed E-state index contributed by atoms with van der Waals surface area (Å²) in [4.78, 5) is 11.2. The molecular formula is C12H20F2N2O3. The molecule has 2 N–H and O–H groups in total. The van der Waals surface area contributed by atoms with Crippen LogP contribution in [0.3, 0.4) is 0 Å². The van der Waals surface area contributed by atoms with Crippen molar-refractivity contribution in [2.75, 3.05) is 19.7 Å². The highest BCUT2D eigenvalue weighted by Crippen LogP contribution is 2.37. The summed E-state index contributed by atoms with van der Waals surface area (Å²) >= 11 is 0. The Balaban J connectivity index is 1.66. The fourth-order valence-electron chi connectivity index (χ4n) is 2.51. The minimum atomic E-state index is -2.54. The lowest BCUT2D eigenvalue weighted by Crippen LogP contribution is -2.42. The highest BCUT2D eigenvalue weighted by molar-refractivity contribution is 5.73. The Kier molecular flexibility index (Phi) is 4.93. The lowest BCUT2D eigenvalue weighted by atomic mass is 9.94. The minimum absolute atomic E-state index is 0.199. The third-order valence-electron chi connectivity index (χ3n) is 3.44. The molecule has 2 fully saturated rings. The first-order valence-electron chi connectivity index (χ1n) is 6.71. The predicted molar refractivity (Wildman–Crippen MR) is 64.0 cm³/mol. The average Bonchev–Trinajstić information content (AvgIpc) is 2.78. The smallest absolute Gasteiger partial charge is 0.315 e. The minimum Gasteiger partial charge on any atom is -0.347 e. The number of alkyl halides is 2. The van der Waals surface area contributed by atoms with E-state index in [9.17, 15) is 13.6 Å². The van der Waals surface area contributed by atoms with Gasteiger partial charge in [-0.1, -0.05) is 6.42 Å². The van der Waals surface area contributed by atoms with E-state index in [0.717, 1.165) is 25.7 Å². The van der Waals surface area contributed by atoms with Crippen molar-refractivity contribution in [3.8, 4) is 0 Å². The molecule has 2 amide bonds. The van der Waals surface area contributed by atoms with Gasteiger partial charge in [0, 0.05) is 19.4 Å². The second-order valence-electron chi connectivity index (χ2n) is 5.00. The lowest BCUT2D eigenvalue weighted by Gasteiger charge is -2.31. The van der Waals surface area contributed by atoms with Crippen molar-refractivity contribution in [3.63, 3.8) is 0 Å². The molecule has 0 unspecified atom stereocenters. The van der Waals surface area contributed by atoms with E-state index >= 15 is 0 Å². The fraction of sp³-hybridized carbons (Fsp3) is 0.917. The van der Waals surface area contributed by atoms with E-state index in [1.807, 2.05) is 0 Å². The number of rotatable bonds is 4. The molecule has 1 saturated carbocycles. The summed E-state index contributed by atoms with van der Waals surface area (Å²) in [5.74, 6) is -0.468. The molecule has 0 aromatic rings. The molecule has 1 heterocycles. The van der Waals surface area contributed by atoms with Gasteiger partial charge in [0.15, 0.2) is 5.79 Å². The maximum atomic E-state index is 11.9. The molecule has 1 atom stereocenters. The molecule has 1 spiro atoms. The summed E-state index contributed by atoms with van der Waals surface area (Å²) in [6.45, 7) is 0.0732. The largest absolute Gasteiger partial charge is 0.347 e. The van der Waals surface area contributed by atoms with Crippen LogP contribution in [0.25, 0.3) is 0 Å². The van der Waals surface area contributed by atoms with Crippen molar-refractivity contribution in [3.05, 3.63) is 0 Å². The van der Waals surface area contributed by atoms with Crippen molar-refractivity contribution >= 4 is 6.03 Å². The van der Waals surface area contributed by atoms with E-state index in [2.05, 4.69) is 10.6 Å². The number of halogens is 2. The Bertz CT molecular complexity index is 309. The molecule has 1 aliphatic heterocycles. The second kappa shape index (κ2) is 6.47. The van der Waals surface area contributed by atoms with Crippen molar-refractivity contribution in [1.82, 2.24) is 10.6 Å². The average molecular weight is 278 g/mol. The molecule has 0 bridgehead atoms. The number of carbonyl (C=O) groups excluding carboxylic acids is 1. The maximum absolute atomic E-state index is 11.9. The maximum Gasteiger partial charge on any atom is 0.315 e. The third kappa shape index (κ3) is 4.28. The molecule has 5 nitrogen and oxygen atoms in total. The zero-order valence-corrected chi connectivity index (χ0v) is 10.8. The first kappa shape index (κ1) is 14.5. The van der Waals surface area contributed by atoms with Gasteiger partial charge in [-0.15, -0.1) is 0 Å². The van der Waals surface area contributed by atoms with Gasteiger partial charge in [0.05, 0.1) is 13.2 Å². The Morgan fingerprint density at radius 3 is 2.68 bits per heavy atom. The predicted octanol–water partition coefficient (Wildman–Crippen LogP) is 1.63. The van der Waals surface area contributed by atoms with E-state index < -0.39 is 24.8 Å². The highest BCUT2D eigenvalue weighted by Gasteiger charge is 2.42. The quantitative estimate of drug-likeness (QED) is 0.821. The van der Waals surface area contributed by atoms with Crippen LogP contribution in [0.2, 0.25) is 0 Å². The van der Waals surface area contributed by atoms with Crippen LogP contribution in [0.5, 0.6) is 0 Å². The van der Waals surface area contributed by atoms with Crippen molar-refractivity contribution in [2.24, 2.45) is 0 Å². The monoisotopic (exact) mass is 278 g/mol. The second-order valence-corrected chi connectivity index (χ2v) is 5.00. The van der Waals surface area contributed by atoms with Crippen molar-refractivity contribution < 1.29 is 23.0 Å². The third-order valence-corrected chi connectivity index (χ3v) is 3.44. The van der Waals surface area contributed by atoms with Crippen LogP contribution in [0, 0.1) is 0 Å². The molecule has 7 heteroatoms. The van der Waals surface area contributed by atoms with Gasteiger partial charge >= 0.3 is 6.03 Å². The molecular weight excluding hydrogens is 258 g/mol. The van der Waals surface area contributed by atoms with Gasteiger partial charge in [-0.3, -0.25) is 0 Å². The van der Waals surface area contributed by atoms with Crippen LogP contribution in [0.1, 0.15) is 32.1 Å². The molecule has 110 valence electrons. The van der Waals surface area contributed by atoms with Crippen LogP contribution >= 0.6 is 0 Å². The topological polar surface area (TPSA) is 59.6 Å². The fourth-order valence-corrected chi connectivity index (χ4v) is 2.51. The van der Waals surface area contributed by atoms with E-state index in [-0.39, 0.29) is 12.6 Å². The molecule has 2 aliphatic rings. The summed E-state index contributed by atoms with van der Waals surface area (Å²) in [6, 6.07) is -0.603. The first-order chi connectivity index (χ1) is 9.10. The molecule has 19 heavy (non-hydrogen) atoms. The molecule has 0 radical (unpaired) electrons. The van der Waals surface area contributed by atoms with Gasteiger partial charge in [-0.05, 0) is 12.8 Å². The van der Waals surface area contributed by atoms with E-state index in [1.165, 1.54) is 6.42 Å². The Morgan fingerprint density at radius 2 is 2.00 bits per heavy atom. The molecule has 1 saturated heterocycles. The number of hydrogen-bond acceptors (Lipinski definition) is 3. The Labute approximate surface area is 111 Å². The summed E-state index contributed by atoms with van der Waals surface area (Å²) < 4.78 is 35.3. The molecule has 0 aromatic heterocycles.